The van der Waals surface area contributed by atoms with E-state index in [0.717, 1.165) is 22.6 Å². The fourth-order valence-corrected chi connectivity index (χ4v) is 2.14. The molecule has 0 aliphatic rings. The van der Waals surface area contributed by atoms with Crippen LogP contribution in [0.2, 0.25) is 0 Å². The van der Waals surface area contributed by atoms with Gasteiger partial charge in [-0.25, -0.2) is 0 Å². The molecule has 1 heterocycles. The van der Waals surface area contributed by atoms with Gasteiger partial charge in [-0.05, 0) is 25.1 Å². The summed E-state index contributed by atoms with van der Waals surface area (Å²) in [4.78, 5) is 12.1. The Morgan fingerprint density at radius 3 is 2.63 bits per heavy atom. The van der Waals surface area contributed by atoms with Crippen LogP contribution in [0.4, 0.5) is 0 Å². The van der Waals surface area contributed by atoms with E-state index < -0.39 is 0 Å². The summed E-state index contributed by atoms with van der Waals surface area (Å²) in [5.41, 5.74) is 8.94. The topological polar surface area (TPSA) is 57.2 Å². The summed E-state index contributed by atoms with van der Waals surface area (Å²) in [6.07, 6.45) is 0. The van der Waals surface area contributed by atoms with Crippen molar-refractivity contribution < 1.29 is 4.74 Å². The quantitative estimate of drug-likeness (QED) is 0.913. The first-order chi connectivity index (χ1) is 9.08. The maximum atomic E-state index is 12.1. The van der Waals surface area contributed by atoms with Gasteiger partial charge in [-0.1, -0.05) is 17.7 Å². The van der Waals surface area contributed by atoms with Gasteiger partial charge in [-0.15, -0.1) is 0 Å². The number of hydrogen-bond donors (Lipinski definition) is 1. The van der Waals surface area contributed by atoms with Crippen molar-refractivity contribution in [3.63, 3.8) is 0 Å². The zero-order chi connectivity index (χ0) is 14.0. The van der Waals surface area contributed by atoms with Crippen LogP contribution in [0.3, 0.4) is 0 Å². The lowest BCUT2D eigenvalue weighted by Gasteiger charge is -2.14. The number of nitrogens with two attached hydrogens (primary N) is 1. The van der Waals surface area contributed by atoms with Crippen molar-refractivity contribution in [2.75, 3.05) is 7.11 Å². The van der Waals surface area contributed by atoms with E-state index in [1.54, 1.807) is 24.8 Å². The number of pyridine rings is 1. The normalized spacial score (nSPS) is 10.5. The van der Waals surface area contributed by atoms with E-state index >= 15 is 0 Å². The molecule has 0 saturated carbocycles. The Morgan fingerprint density at radius 1 is 1.26 bits per heavy atom. The van der Waals surface area contributed by atoms with Crippen LogP contribution in [0.5, 0.6) is 5.75 Å². The molecule has 0 amide bonds. The summed E-state index contributed by atoms with van der Waals surface area (Å²) >= 11 is 0. The van der Waals surface area contributed by atoms with Crippen LogP contribution in [0, 0.1) is 6.92 Å². The summed E-state index contributed by atoms with van der Waals surface area (Å²) in [7, 11) is 3.37. The van der Waals surface area contributed by atoms with Gasteiger partial charge in [0, 0.05) is 24.7 Å². The van der Waals surface area contributed by atoms with Gasteiger partial charge in [0.1, 0.15) is 5.75 Å². The minimum atomic E-state index is -0.0661. The first-order valence-corrected chi connectivity index (χ1v) is 6.12. The van der Waals surface area contributed by atoms with E-state index in [4.69, 9.17) is 10.5 Å². The van der Waals surface area contributed by atoms with E-state index in [0.29, 0.717) is 5.56 Å². The number of benzene rings is 1. The van der Waals surface area contributed by atoms with Crippen LogP contribution in [0.1, 0.15) is 11.1 Å². The Morgan fingerprint density at radius 2 is 2.00 bits per heavy atom. The third-order valence-corrected chi connectivity index (χ3v) is 3.23. The molecule has 0 aliphatic heterocycles. The maximum Gasteiger partial charge on any atom is 0.255 e. The zero-order valence-electron chi connectivity index (χ0n) is 11.4. The van der Waals surface area contributed by atoms with E-state index in [9.17, 15) is 4.79 Å². The van der Waals surface area contributed by atoms with E-state index in [2.05, 4.69) is 0 Å². The summed E-state index contributed by atoms with van der Waals surface area (Å²) in [6.45, 7) is 2.26. The van der Waals surface area contributed by atoms with Gasteiger partial charge in [0.15, 0.2) is 0 Å². The van der Waals surface area contributed by atoms with Gasteiger partial charge in [-0.2, -0.15) is 0 Å². The molecule has 0 atom stereocenters. The number of aromatic nitrogens is 1. The van der Waals surface area contributed by atoms with Gasteiger partial charge in [0.2, 0.25) is 0 Å². The third-order valence-electron chi connectivity index (χ3n) is 3.23. The Balaban J connectivity index is 2.69. The molecule has 1 aromatic carbocycles. The molecule has 2 aromatic rings. The second-order valence-electron chi connectivity index (χ2n) is 4.52. The number of hydrogen-bond acceptors (Lipinski definition) is 3. The number of nitrogens with zero attached hydrogens (tertiary/aromatic N) is 1. The second kappa shape index (κ2) is 5.28. The first-order valence-electron chi connectivity index (χ1n) is 6.12. The van der Waals surface area contributed by atoms with Crippen LogP contribution in [-0.2, 0) is 13.6 Å². The van der Waals surface area contributed by atoms with Crippen molar-refractivity contribution in [2.24, 2.45) is 12.8 Å². The zero-order valence-corrected chi connectivity index (χ0v) is 11.4. The van der Waals surface area contributed by atoms with Crippen LogP contribution < -0.4 is 16.0 Å². The molecule has 0 bridgehead atoms. The molecular weight excluding hydrogens is 240 g/mol. The highest BCUT2D eigenvalue weighted by Gasteiger charge is 2.11. The summed E-state index contributed by atoms with van der Waals surface area (Å²) in [5.74, 6) is 0.751. The average Bonchev–Trinajstić information content (AvgIpc) is 2.42. The SMILES string of the molecule is COc1ccc(C)cc1-c1ccc(CN)c(=O)n1C. The fraction of sp³-hybridized carbons (Fsp3) is 0.267. The molecule has 0 fully saturated rings. The Hall–Kier alpha value is -2.07. The van der Waals surface area contributed by atoms with Gasteiger partial charge < -0.3 is 15.0 Å². The predicted molar refractivity (Wildman–Crippen MR) is 76.3 cm³/mol. The number of rotatable bonds is 3. The molecule has 2 N–H and O–H groups in total. The van der Waals surface area contributed by atoms with Gasteiger partial charge in [-0.3, -0.25) is 4.79 Å². The molecule has 0 radical (unpaired) electrons. The molecule has 100 valence electrons. The molecular formula is C15H18N2O2. The number of ether oxygens (including phenoxy) is 1. The van der Waals surface area contributed by atoms with Crippen molar-refractivity contribution in [3.05, 3.63) is 51.8 Å². The highest BCUT2D eigenvalue weighted by Crippen LogP contribution is 2.29. The van der Waals surface area contributed by atoms with Crippen molar-refractivity contribution >= 4 is 0 Å². The second-order valence-corrected chi connectivity index (χ2v) is 4.52. The molecule has 0 spiro atoms. The summed E-state index contributed by atoms with van der Waals surface area (Å²) < 4.78 is 6.98. The number of aryl methyl sites for hydroxylation is 1. The minimum absolute atomic E-state index is 0.0661. The van der Waals surface area contributed by atoms with Gasteiger partial charge in [0.25, 0.3) is 5.56 Å². The largest absolute Gasteiger partial charge is 0.496 e. The lowest BCUT2D eigenvalue weighted by atomic mass is 10.1. The molecule has 2 rings (SSSR count). The van der Waals surface area contributed by atoms with Crippen molar-refractivity contribution in [3.8, 4) is 17.0 Å². The van der Waals surface area contributed by atoms with Crippen LogP contribution in [0.25, 0.3) is 11.3 Å². The Bertz CT molecular complexity index is 660. The maximum absolute atomic E-state index is 12.1. The number of methoxy groups -OCH3 is 1. The molecule has 4 nitrogen and oxygen atoms in total. The third kappa shape index (κ3) is 2.39. The monoisotopic (exact) mass is 258 g/mol. The van der Waals surface area contributed by atoms with Crippen molar-refractivity contribution in [2.45, 2.75) is 13.5 Å². The van der Waals surface area contributed by atoms with Crippen LogP contribution in [-0.4, -0.2) is 11.7 Å². The summed E-state index contributed by atoms with van der Waals surface area (Å²) in [5, 5.41) is 0. The lowest BCUT2D eigenvalue weighted by molar-refractivity contribution is 0.416. The minimum Gasteiger partial charge on any atom is -0.496 e. The fourth-order valence-electron chi connectivity index (χ4n) is 2.14. The Labute approximate surface area is 112 Å². The smallest absolute Gasteiger partial charge is 0.255 e. The van der Waals surface area contributed by atoms with Crippen LogP contribution in [0.15, 0.2) is 35.1 Å². The molecule has 4 heteroatoms. The highest BCUT2D eigenvalue weighted by atomic mass is 16.5. The predicted octanol–water partition coefficient (Wildman–Crippen LogP) is 1.83. The molecule has 0 aliphatic carbocycles. The molecule has 0 unspecified atom stereocenters. The summed E-state index contributed by atoms with van der Waals surface area (Å²) in [6, 6.07) is 9.58. The van der Waals surface area contributed by atoms with E-state index in [1.165, 1.54) is 0 Å². The standard InChI is InChI=1S/C15H18N2O2/c1-10-4-7-14(19-3)12(8-10)13-6-5-11(9-16)15(18)17(13)2/h4-8H,9,16H2,1-3H3. The van der Waals surface area contributed by atoms with Crippen molar-refractivity contribution in [1.29, 1.82) is 0 Å². The highest BCUT2D eigenvalue weighted by molar-refractivity contribution is 5.68. The van der Waals surface area contributed by atoms with Crippen LogP contribution >= 0.6 is 0 Å². The Kier molecular flexibility index (Phi) is 3.71. The lowest BCUT2D eigenvalue weighted by Crippen LogP contribution is -2.24. The molecule has 1 aromatic heterocycles. The molecule has 19 heavy (non-hydrogen) atoms. The first kappa shape index (κ1) is 13.4. The van der Waals surface area contributed by atoms with Crippen molar-refractivity contribution in [1.82, 2.24) is 4.57 Å². The molecule has 0 saturated heterocycles. The van der Waals surface area contributed by atoms with Gasteiger partial charge >= 0.3 is 0 Å². The van der Waals surface area contributed by atoms with E-state index in [-0.39, 0.29) is 12.1 Å². The van der Waals surface area contributed by atoms with Gasteiger partial charge in [0.05, 0.1) is 12.8 Å². The average molecular weight is 258 g/mol. The van der Waals surface area contributed by atoms with E-state index in [1.807, 2.05) is 31.2 Å².